The maximum absolute atomic E-state index is 12.6. The van der Waals surface area contributed by atoms with Gasteiger partial charge in [0.25, 0.3) is 5.91 Å². The van der Waals surface area contributed by atoms with Gasteiger partial charge in [-0.2, -0.15) is 0 Å². The van der Waals surface area contributed by atoms with Gasteiger partial charge < -0.3 is 15.0 Å². The fourth-order valence-corrected chi connectivity index (χ4v) is 5.18. The number of ether oxygens (including phenoxy) is 1. The molecular weight excluding hydrogens is 472 g/mol. The van der Waals surface area contributed by atoms with Gasteiger partial charge in [0.05, 0.1) is 21.7 Å². The highest BCUT2D eigenvalue weighted by Crippen LogP contribution is 2.29. The molecule has 0 unspecified atom stereocenters. The Morgan fingerprint density at radius 2 is 1.97 bits per heavy atom. The number of nitrogens with zero attached hydrogens (tertiary/aromatic N) is 3. The Hall–Kier alpha value is -2.82. The molecule has 8 nitrogen and oxygen atoms in total. The van der Waals surface area contributed by atoms with Crippen LogP contribution < -0.4 is 10.1 Å². The van der Waals surface area contributed by atoms with Crippen molar-refractivity contribution in [3.8, 4) is 17.0 Å². The Morgan fingerprint density at radius 3 is 2.62 bits per heavy atom. The summed E-state index contributed by atoms with van der Waals surface area (Å²) in [4.78, 5) is 23.8. The van der Waals surface area contributed by atoms with Gasteiger partial charge in [0.2, 0.25) is 0 Å². The normalized spacial score (nSPS) is 14.4. The van der Waals surface area contributed by atoms with Crippen LogP contribution in [0.3, 0.4) is 0 Å². The van der Waals surface area contributed by atoms with E-state index in [9.17, 15) is 13.2 Å². The number of aromatic nitrogens is 2. The van der Waals surface area contributed by atoms with Gasteiger partial charge in [-0.25, -0.2) is 13.4 Å². The molecule has 1 N–H and O–H groups in total. The lowest BCUT2D eigenvalue weighted by Gasteiger charge is -2.27. The second-order valence-electron chi connectivity index (χ2n) is 8.49. The van der Waals surface area contributed by atoms with Crippen LogP contribution in [-0.2, 0) is 16.3 Å². The fourth-order valence-electron chi connectivity index (χ4n) is 3.68. The van der Waals surface area contributed by atoms with E-state index in [0.29, 0.717) is 31.0 Å². The number of carbonyl (C=O) groups excluding carboxylic acids is 1. The number of hydrogen-bond acceptors (Lipinski definition) is 8. The number of pyridine rings is 1. The zero-order valence-corrected chi connectivity index (χ0v) is 21.1. The van der Waals surface area contributed by atoms with Gasteiger partial charge in [-0.3, -0.25) is 9.78 Å². The Balaban J connectivity index is 1.53. The molecule has 1 aliphatic heterocycles. The van der Waals surface area contributed by atoms with Crippen molar-refractivity contribution in [2.75, 3.05) is 32.4 Å². The first kappa shape index (κ1) is 24.3. The van der Waals surface area contributed by atoms with Gasteiger partial charge in [-0.05, 0) is 44.2 Å². The molecule has 1 fully saturated rings. The van der Waals surface area contributed by atoms with Crippen molar-refractivity contribution in [2.45, 2.75) is 31.3 Å². The zero-order valence-electron chi connectivity index (χ0n) is 19.4. The minimum absolute atomic E-state index is 0.0387. The number of hydrogen-bond donors (Lipinski definition) is 1. The molecule has 0 atom stereocenters. The highest BCUT2D eigenvalue weighted by molar-refractivity contribution is 7.90. The molecule has 1 saturated heterocycles. The summed E-state index contributed by atoms with van der Waals surface area (Å²) in [5.74, 6) is 0.590. The van der Waals surface area contributed by atoms with E-state index in [2.05, 4.69) is 10.3 Å². The monoisotopic (exact) mass is 500 g/mol. The van der Waals surface area contributed by atoms with Gasteiger partial charge in [-0.15, -0.1) is 11.3 Å². The summed E-state index contributed by atoms with van der Waals surface area (Å²) in [6.45, 7) is 6.81. The number of nitrogens with one attached hydrogen (secondary N) is 1. The Morgan fingerprint density at radius 1 is 1.21 bits per heavy atom. The van der Waals surface area contributed by atoms with Gasteiger partial charge in [0.1, 0.15) is 11.4 Å². The Bertz CT molecular complexity index is 1260. The van der Waals surface area contributed by atoms with Crippen molar-refractivity contribution >= 4 is 27.1 Å². The number of rotatable bonds is 7. The molecule has 0 spiro atoms. The maximum atomic E-state index is 12.6. The molecule has 1 amide bonds. The van der Waals surface area contributed by atoms with Crippen molar-refractivity contribution < 1.29 is 17.9 Å². The number of amides is 1. The van der Waals surface area contributed by atoms with Crippen molar-refractivity contribution in [2.24, 2.45) is 0 Å². The molecule has 180 valence electrons. The SMILES string of the molecule is CC(C)Oc1ccc(S(C)(=O)=O)cc1Cc1nc(-c2ccc(C(=O)N3CCNCC3)nc2)cs1. The quantitative estimate of drug-likeness (QED) is 0.532. The van der Waals surface area contributed by atoms with Gasteiger partial charge in [0, 0.05) is 61.6 Å². The minimum atomic E-state index is -3.34. The summed E-state index contributed by atoms with van der Waals surface area (Å²) in [6, 6.07) is 8.53. The van der Waals surface area contributed by atoms with E-state index < -0.39 is 9.84 Å². The molecule has 3 heterocycles. The molecule has 0 bridgehead atoms. The topological polar surface area (TPSA) is 101 Å². The van der Waals surface area contributed by atoms with Crippen LogP contribution in [0.5, 0.6) is 5.75 Å². The standard InChI is InChI=1S/C24H28N4O4S2/c1-16(2)32-22-7-5-19(34(3,30)31)12-18(22)13-23-27-21(15-33-23)17-4-6-20(26-14-17)24(29)28-10-8-25-9-11-28/h4-7,12,14-16,25H,8-11,13H2,1-3H3. The van der Waals surface area contributed by atoms with Crippen LogP contribution in [0.25, 0.3) is 11.3 Å². The van der Waals surface area contributed by atoms with E-state index in [1.54, 1.807) is 35.4 Å². The highest BCUT2D eigenvalue weighted by atomic mass is 32.2. The van der Waals surface area contributed by atoms with E-state index in [0.717, 1.165) is 34.9 Å². The lowest BCUT2D eigenvalue weighted by molar-refractivity contribution is 0.0730. The van der Waals surface area contributed by atoms with E-state index in [-0.39, 0.29) is 16.9 Å². The zero-order chi connectivity index (χ0) is 24.3. The third-order valence-corrected chi connectivity index (χ3v) is 7.36. The summed E-state index contributed by atoms with van der Waals surface area (Å²) in [5, 5.41) is 6.00. The lowest BCUT2D eigenvalue weighted by atomic mass is 10.1. The van der Waals surface area contributed by atoms with Crippen LogP contribution in [0.2, 0.25) is 0 Å². The van der Waals surface area contributed by atoms with Crippen LogP contribution >= 0.6 is 11.3 Å². The van der Waals surface area contributed by atoms with Gasteiger partial charge >= 0.3 is 0 Å². The molecule has 34 heavy (non-hydrogen) atoms. The van der Waals surface area contributed by atoms with Crippen molar-refractivity contribution in [3.63, 3.8) is 0 Å². The van der Waals surface area contributed by atoms with Crippen LogP contribution in [0.4, 0.5) is 0 Å². The van der Waals surface area contributed by atoms with Crippen molar-refractivity contribution in [3.05, 3.63) is 58.2 Å². The van der Waals surface area contributed by atoms with E-state index in [1.165, 1.54) is 17.6 Å². The van der Waals surface area contributed by atoms with E-state index in [1.807, 2.05) is 25.3 Å². The molecule has 1 aromatic carbocycles. The van der Waals surface area contributed by atoms with E-state index in [4.69, 9.17) is 9.72 Å². The van der Waals surface area contributed by atoms with Crippen LogP contribution in [0, 0.1) is 0 Å². The third kappa shape index (κ3) is 5.81. The first-order chi connectivity index (χ1) is 16.2. The molecule has 0 aliphatic carbocycles. The van der Waals surface area contributed by atoms with Crippen molar-refractivity contribution in [1.82, 2.24) is 20.2 Å². The lowest BCUT2D eigenvalue weighted by Crippen LogP contribution is -2.46. The number of thiazole rings is 1. The third-order valence-electron chi connectivity index (χ3n) is 5.40. The second-order valence-corrected chi connectivity index (χ2v) is 11.4. The first-order valence-electron chi connectivity index (χ1n) is 11.1. The molecule has 10 heteroatoms. The molecule has 4 rings (SSSR count). The summed E-state index contributed by atoms with van der Waals surface area (Å²) in [7, 11) is -3.34. The minimum Gasteiger partial charge on any atom is -0.491 e. The van der Waals surface area contributed by atoms with Gasteiger partial charge in [-0.1, -0.05) is 0 Å². The van der Waals surface area contributed by atoms with Gasteiger partial charge in [0.15, 0.2) is 9.84 Å². The first-order valence-corrected chi connectivity index (χ1v) is 13.9. The highest BCUT2D eigenvalue weighted by Gasteiger charge is 2.19. The average Bonchev–Trinajstić information content (AvgIpc) is 3.28. The summed E-state index contributed by atoms with van der Waals surface area (Å²) < 4.78 is 30.0. The second kappa shape index (κ2) is 10.2. The predicted octanol–water partition coefficient (Wildman–Crippen LogP) is 3.03. The summed E-state index contributed by atoms with van der Waals surface area (Å²) in [6.07, 6.45) is 3.28. The van der Waals surface area contributed by atoms with Crippen LogP contribution in [-0.4, -0.2) is 67.7 Å². The largest absolute Gasteiger partial charge is 0.491 e. The van der Waals surface area contributed by atoms with Crippen LogP contribution in [0.15, 0.2) is 46.8 Å². The van der Waals surface area contributed by atoms with Crippen molar-refractivity contribution in [1.29, 1.82) is 0 Å². The molecule has 3 aromatic rings. The number of piperazine rings is 1. The smallest absolute Gasteiger partial charge is 0.272 e. The summed E-state index contributed by atoms with van der Waals surface area (Å²) >= 11 is 1.49. The number of benzene rings is 1. The Kier molecular flexibility index (Phi) is 7.30. The molecule has 2 aromatic heterocycles. The molecule has 1 aliphatic rings. The molecule has 0 saturated carbocycles. The number of sulfone groups is 1. The van der Waals surface area contributed by atoms with Crippen LogP contribution in [0.1, 0.15) is 34.9 Å². The van der Waals surface area contributed by atoms with E-state index >= 15 is 0 Å². The average molecular weight is 501 g/mol. The maximum Gasteiger partial charge on any atom is 0.272 e. The summed E-state index contributed by atoms with van der Waals surface area (Å²) in [5.41, 5.74) is 2.78. The molecule has 0 radical (unpaired) electrons. The Labute approximate surface area is 203 Å². The predicted molar refractivity (Wildman–Crippen MR) is 132 cm³/mol. The number of carbonyl (C=O) groups is 1. The molecular formula is C24H28N4O4S2. The fraction of sp³-hybridized carbons (Fsp3) is 0.375.